The maximum Gasteiger partial charge on any atom is 0.0594 e. The third kappa shape index (κ3) is 55.4. The summed E-state index contributed by atoms with van der Waals surface area (Å²) in [5.41, 5.74) is 0. The van der Waals surface area contributed by atoms with Gasteiger partial charge in [-0.3, -0.25) is 0 Å². The van der Waals surface area contributed by atoms with E-state index in [1.54, 1.807) is 101 Å². The summed E-state index contributed by atoms with van der Waals surface area (Å²) in [7, 11) is -1.39. The first kappa shape index (κ1) is 76.1. The molecule has 0 bridgehead atoms. The van der Waals surface area contributed by atoms with E-state index >= 15 is 0 Å². The highest BCUT2D eigenvalue weighted by atomic mass is 79.9. The lowest BCUT2D eigenvalue weighted by molar-refractivity contribution is 0.548. The molecule has 0 heterocycles. The Morgan fingerprint density at radius 2 is 0.235 bits per heavy atom. The molecule has 0 unspecified atom stereocenters. The van der Waals surface area contributed by atoms with Gasteiger partial charge in [0.2, 0.25) is 0 Å². The van der Waals surface area contributed by atoms with E-state index in [0.717, 1.165) is 0 Å². The Hall–Kier alpha value is 1.63. The SMILES string of the molecule is Br.CCCCCCCCCCCCCC[P+](CCCCCC)(CCCCCC)CCCCCC.CCCCCCCCCCCCCC[P+](CCCCCC)(CCCCCC)CCCCCC.Cl. The summed E-state index contributed by atoms with van der Waals surface area (Å²) in [6.07, 6.45) is 84.2. The minimum absolute atomic E-state index is 0. The van der Waals surface area contributed by atoms with Gasteiger partial charge in [-0.1, -0.05) is 261 Å². The molecular weight excluding hydrogens is 946 g/mol. The lowest BCUT2D eigenvalue weighted by Crippen LogP contribution is -2.13. The normalized spacial score (nSPS) is 11.6. The molecule has 0 atom stereocenters. The number of unbranched alkanes of at least 4 members (excludes halogenated alkanes) is 40. The lowest BCUT2D eigenvalue weighted by Gasteiger charge is -2.28. The molecule has 0 saturated heterocycles. The van der Waals surface area contributed by atoms with Crippen LogP contribution in [0.15, 0.2) is 0 Å². The molecule has 0 N–H and O–H groups in total. The van der Waals surface area contributed by atoms with Crippen molar-refractivity contribution in [2.45, 2.75) is 364 Å². The Balaban J connectivity index is -0.000000585. The average molecular weight is 1090 g/mol. The lowest BCUT2D eigenvalue weighted by atomic mass is 10.1. The predicted octanol–water partition coefficient (Wildman–Crippen LogP) is 25.9. The predicted molar refractivity (Wildman–Crippen MR) is 337 cm³/mol. The number of hydrogen-bond acceptors (Lipinski definition) is 0. The fourth-order valence-corrected chi connectivity index (χ4v) is 21.0. The second-order valence-corrected chi connectivity index (χ2v) is 31.6. The molecule has 68 heavy (non-hydrogen) atoms. The van der Waals surface area contributed by atoms with Gasteiger partial charge in [0.25, 0.3) is 0 Å². The minimum Gasteiger partial charge on any atom is -0.147 e. The van der Waals surface area contributed by atoms with Crippen molar-refractivity contribution in [2.24, 2.45) is 0 Å². The van der Waals surface area contributed by atoms with Crippen molar-refractivity contribution in [1.82, 2.24) is 0 Å². The largest absolute Gasteiger partial charge is 0.147 e. The molecular formula is C64H138BrClP2+2. The minimum atomic E-state index is -0.697. The fraction of sp³-hybridized carbons (Fsp3) is 1.00. The van der Waals surface area contributed by atoms with Gasteiger partial charge in [-0.15, -0.1) is 29.4 Å². The van der Waals surface area contributed by atoms with Crippen LogP contribution in [0, 0.1) is 0 Å². The summed E-state index contributed by atoms with van der Waals surface area (Å²) in [4.78, 5) is 0. The summed E-state index contributed by atoms with van der Waals surface area (Å²) in [5.74, 6) is 0. The van der Waals surface area contributed by atoms with E-state index in [1.165, 1.54) is 257 Å². The van der Waals surface area contributed by atoms with Crippen LogP contribution in [0.1, 0.15) is 364 Å². The summed E-state index contributed by atoms with van der Waals surface area (Å²) < 4.78 is 0. The number of hydrogen-bond donors (Lipinski definition) is 0. The van der Waals surface area contributed by atoms with Gasteiger partial charge in [0.15, 0.2) is 0 Å². The molecule has 0 rings (SSSR count). The van der Waals surface area contributed by atoms with Gasteiger partial charge in [-0.05, 0) is 103 Å². The smallest absolute Gasteiger partial charge is 0.0594 e. The molecule has 4 heteroatoms. The Kier molecular flexibility index (Phi) is 72.5. The van der Waals surface area contributed by atoms with Crippen LogP contribution in [-0.4, -0.2) is 49.3 Å². The second-order valence-electron chi connectivity index (χ2n) is 22.6. The van der Waals surface area contributed by atoms with Crippen LogP contribution in [0.2, 0.25) is 0 Å². The summed E-state index contributed by atoms with van der Waals surface area (Å²) in [6, 6.07) is 0. The highest BCUT2D eigenvalue weighted by Crippen LogP contribution is 2.62. The van der Waals surface area contributed by atoms with Crippen LogP contribution in [-0.2, 0) is 0 Å². The van der Waals surface area contributed by atoms with E-state index in [9.17, 15) is 0 Å². The second kappa shape index (κ2) is 64.7. The first-order chi connectivity index (χ1) is 32.5. The molecule has 0 nitrogen and oxygen atoms in total. The molecule has 0 spiro atoms. The fourth-order valence-electron chi connectivity index (χ4n) is 11.2. The standard InChI is InChI=1S/2C32H68P.BrH.ClH/c2*1-5-9-13-17-18-19-20-21-22-23-24-28-32-33(29-25-14-10-6-2,30-26-15-11-7-3)31-27-16-12-8-4;;/h2*5-32H2,1-4H3;2*1H/q2*+1;;. The molecule has 0 aliphatic carbocycles. The Morgan fingerprint density at radius 3 is 0.353 bits per heavy atom. The van der Waals surface area contributed by atoms with E-state index in [1.807, 2.05) is 0 Å². The van der Waals surface area contributed by atoms with Crippen molar-refractivity contribution in [2.75, 3.05) is 49.3 Å². The van der Waals surface area contributed by atoms with Crippen LogP contribution >= 0.6 is 43.9 Å². The van der Waals surface area contributed by atoms with E-state index in [0.29, 0.717) is 0 Å². The van der Waals surface area contributed by atoms with Crippen LogP contribution < -0.4 is 0 Å². The Bertz CT molecular complexity index is 721. The van der Waals surface area contributed by atoms with Crippen molar-refractivity contribution in [3.8, 4) is 0 Å². The number of rotatable bonds is 56. The van der Waals surface area contributed by atoms with Crippen LogP contribution in [0.5, 0.6) is 0 Å². The van der Waals surface area contributed by atoms with E-state index in [4.69, 9.17) is 0 Å². The Labute approximate surface area is 454 Å². The van der Waals surface area contributed by atoms with Gasteiger partial charge in [-0.2, -0.15) is 0 Å². The highest BCUT2D eigenvalue weighted by Gasteiger charge is 2.36. The third-order valence-electron chi connectivity index (χ3n) is 15.9. The molecule has 0 saturated carbocycles. The zero-order valence-corrected chi connectivity index (χ0v) is 53.6. The van der Waals surface area contributed by atoms with Crippen LogP contribution in [0.25, 0.3) is 0 Å². The molecule has 0 aromatic rings. The van der Waals surface area contributed by atoms with Crippen molar-refractivity contribution in [3.63, 3.8) is 0 Å². The van der Waals surface area contributed by atoms with E-state index in [-0.39, 0.29) is 29.4 Å². The molecule has 0 amide bonds. The van der Waals surface area contributed by atoms with Gasteiger partial charge >= 0.3 is 0 Å². The highest BCUT2D eigenvalue weighted by molar-refractivity contribution is 8.93. The number of halogens is 2. The van der Waals surface area contributed by atoms with Gasteiger partial charge in [-0.25, -0.2) is 0 Å². The van der Waals surface area contributed by atoms with Crippen molar-refractivity contribution in [1.29, 1.82) is 0 Å². The molecule has 416 valence electrons. The summed E-state index contributed by atoms with van der Waals surface area (Å²) in [6.45, 7) is 18.8. The van der Waals surface area contributed by atoms with Gasteiger partial charge < -0.3 is 0 Å². The van der Waals surface area contributed by atoms with Crippen LogP contribution in [0.3, 0.4) is 0 Å². The van der Waals surface area contributed by atoms with E-state index in [2.05, 4.69) is 55.4 Å². The monoisotopic (exact) mass is 1080 g/mol. The Morgan fingerprint density at radius 1 is 0.147 bits per heavy atom. The van der Waals surface area contributed by atoms with Crippen LogP contribution in [0.4, 0.5) is 0 Å². The van der Waals surface area contributed by atoms with Gasteiger partial charge in [0.05, 0.1) is 49.3 Å². The first-order valence-corrected chi connectivity index (χ1v) is 37.2. The van der Waals surface area contributed by atoms with Crippen molar-refractivity contribution < 1.29 is 0 Å². The molecule has 0 aromatic carbocycles. The first-order valence-electron chi connectivity index (χ1n) is 32.2. The van der Waals surface area contributed by atoms with Crippen molar-refractivity contribution >= 4 is 43.9 Å². The summed E-state index contributed by atoms with van der Waals surface area (Å²) >= 11 is 0. The summed E-state index contributed by atoms with van der Waals surface area (Å²) in [5, 5.41) is 0. The molecule has 0 fully saturated rings. The zero-order valence-electron chi connectivity index (χ0n) is 49.3. The van der Waals surface area contributed by atoms with Gasteiger partial charge in [0, 0.05) is 14.5 Å². The third-order valence-corrected chi connectivity index (χ3v) is 26.0. The molecule has 0 radical (unpaired) electrons. The quantitative estimate of drug-likeness (QED) is 0.0421. The molecule has 0 aliphatic rings. The zero-order chi connectivity index (χ0) is 48.6. The van der Waals surface area contributed by atoms with Gasteiger partial charge in [0.1, 0.15) is 0 Å². The maximum absolute atomic E-state index is 2.37. The topological polar surface area (TPSA) is 0 Å². The maximum atomic E-state index is 2.37. The van der Waals surface area contributed by atoms with E-state index < -0.39 is 14.5 Å². The van der Waals surface area contributed by atoms with Crippen molar-refractivity contribution in [3.05, 3.63) is 0 Å². The molecule has 0 aliphatic heterocycles. The average Bonchev–Trinajstić information content (AvgIpc) is 3.33. The molecule has 0 aromatic heterocycles.